The maximum absolute atomic E-state index is 12.6. The zero-order chi connectivity index (χ0) is 16.2. The molecule has 1 aromatic carbocycles. The Balaban J connectivity index is 1.67. The van der Waals surface area contributed by atoms with Crippen molar-refractivity contribution >= 4 is 16.8 Å². The van der Waals surface area contributed by atoms with Gasteiger partial charge in [-0.1, -0.05) is 18.2 Å². The number of carbonyl (C=O) groups excluding carboxylic acids is 1. The average Bonchev–Trinajstić information content (AvgIpc) is 2.98. The lowest BCUT2D eigenvalue weighted by molar-refractivity contribution is -0.130. The summed E-state index contributed by atoms with van der Waals surface area (Å²) < 4.78 is 0. The normalized spacial score (nSPS) is 12.3. The Morgan fingerprint density at radius 2 is 2.13 bits per heavy atom. The van der Waals surface area contributed by atoms with E-state index >= 15 is 0 Å². The third-order valence-electron chi connectivity index (χ3n) is 4.19. The molecule has 1 amide bonds. The van der Waals surface area contributed by atoms with Gasteiger partial charge in [-0.2, -0.15) is 0 Å². The molecule has 118 valence electrons. The summed E-state index contributed by atoms with van der Waals surface area (Å²) in [5.41, 5.74) is 2.99. The Morgan fingerprint density at radius 1 is 1.30 bits per heavy atom. The van der Waals surface area contributed by atoms with Crippen molar-refractivity contribution in [2.75, 3.05) is 7.05 Å². The second-order valence-corrected chi connectivity index (χ2v) is 5.79. The first-order chi connectivity index (χ1) is 11.1. The largest absolute Gasteiger partial charge is 0.361 e. The highest BCUT2D eigenvalue weighted by Crippen LogP contribution is 2.19. The van der Waals surface area contributed by atoms with Gasteiger partial charge < -0.3 is 9.88 Å². The monoisotopic (exact) mass is 308 g/mol. The Bertz CT molecular complexity index is 797. The number of hydrogen-bond acceptors (Lipinski definition) is 3. The van der Waals surface area contributed by atoms with Gasteiger partial charge in [0.25, 0.3) is 0 Å². The van der Waals surface area contributed by atoms with Crippen LogP contribution in [0, 0.1) is 0 Å². The number of likely N-dealkylation sites (N-methyl/N-ethyl adjacent to an activating group) is 1. The molecule has 0 radical (unpaired) electrons. The highest BCUT2D eigenvalue weighted by Gasteiger charge is 2.18. The third kappa shape index (κ3) is 3.39. The van der Waals surface area contributed by atoms with Crippen LogP contribution in [0.4, 0.5) is 0 Å². The average molecular weight is 308 g/mol. The van der Waals surface area contributed by atoms with Crippen molar-refractivity contribution in [2.45, 2.75) is 25.8 Å². The molecule has 3 rings (SSSR count). The molecule has 0 fully saturated rings. The Kier molecular flexibility index (Phi) is 4.37. The SMILES string of the molecule is C[C@H](Cc1cnccn1)N(C)C(=O)Cc1c[nH]c2ccccc12. The number of nitrogens with one attached hydrogen (secondary N) is 1. The van der Waals surface area contributed by atoms with Gasteiger partial charge in [-0.05, 0) is 18.6 Å². The van der Waals surface area contributed by atoms with E-state index in [9.17, 15) is 4.79 Å². The molecule has 0 aliphatic heterocycles. The molecule has 1 atom stereocenters. The molecule has 0 unspecified atom stereocenters. The first-order valence-corrected chi connectivity index (χ1v) is 7.70. The first-order valence-electron chi connectivity index (χ1n) is 7.70. The minimum atomic E-state index is 0.0735. The van der Waals surface area contributed by atoms with Crippen molar-refractivity contribution in [3.05, 3.63) is 60.3 Å². The molecule has 5 heteroatoms. The summed E-state index contributed by atoms with van der Waals surface area (Å²) in [7, 11) is 1.85. The number of amides is 1. The fourth-order valence-corrected chi connectivity index (χ4v) is 2.69. The van der Waals surface area contributed by atoms with Gasteiger partial charge in [0.1, 0.15) is 0 Å². The number of H-pyrrole nitrogens is 1. The van der Waals surface area contributed by atoms with Crippen LogP contribution in [0.3, 0.4) is 0 Å². The second kappa shape index (κ2) is 6.60. The maximum atomic E-state index is 12.6. The van der Waals surface area contributed by atoms with Gasteiger partial charge in [0.2, 0.25) is 5.91 Å². The van der Waals surface area contributed by atoms with Crippen LogP contribution in [0.5, 0.6) is 0 Å². The zero-order valence-corrected chi connectivity index (χ0v) is 13.4. The van der Waals surface area contributed by atoms with Crippen LogP contribution in [-0.4, -0.2) is 38.8 Å². The van der Waals surface area contributed by atoms with Crippen LogP contribution < -0.4 is 0 Å². The Labute approximate surface area is 135 Å². The lowest BCUT2D eigenvalue weighted by Gasteiger charge is -2.24. The minimum absolute atomic E-state index is 0.0735. The van der Waals surface area contributed by atoms with Crippen LogP contribution in [0.1, 0.15) is 18.2 Å². The van der Waals surface area contributed by atoms with Crippen LogP contribution in [-0.2, 0) is 17.6 Å². The van der Waals surface area contributed by atoms with Gasteiger partial charge in [-0.15, -0.1) is 0 Å². The van der Waals surface area contributed by atoms with Crippen molar-refractivity contribution in [1.82, 2.24) is 19.9 Å². The van der Waals surface area contributed by atoms with Crippen LogP contribution in [0.15, 0.2) is 49.1 Å². The zero-order valence-electron chi connectivity index (χ0n) is 13.4. The summed E-state index contributed by atoms with van der Waals surface area (Å²) in [5, 5.41) is 1.11. The van der Waals surface area contributed by atoms with E-state index in [0.29, 0.717) is 12.8 Å². The van der Waals surface area contributed by atoms with Crippen molar-refractivity contribution < 1.29 is 4.79 Å². The van der Waals surface area contributed by atoms with E-state index in [-0.39, 0.29) is 11.9 Å². The van der Waals surface area contributed by atoms with Gasteiger partial charge in [0, 0.05) is 55.2 Å². The molecule has 0 saturated carbocycles. The molecule has 0 spiro atoms. The number of fused-ring (bicyclic) bond motifs is 1. The quantitative estimate of drug-likeness (QED) is 0.788. The second-order valence-electron chi connectivity index (χ2n) is 5.79. The molecule has 3 aromatic rings. The molecule has 5 nitrogen and oxygen atoms in total. The fourth-order valence-electron chi connectivity index (χ4n) is 2.69. The van der Waals surface area contributed by atoms with E-state index in [2.05, 4.69) is 15.0 Å². The van der Waals surface area contributed by atoms with E-state index in [1.54, 1.807) is 23.5 Å². The van der Waals surface area contributed by atoms with E-state index in [1.165, 1.54) is 0 Å². The molecule has 2 heterocycles. The van der Waals surface area contributed by atoms with Gasteiger partial charge in [0.05, 0.1) is 12.1 Å². The summed E-state index contributed by atoms with van der Waals surface area (Å²) >= 11 is 0. The molecule has 0 bridgehead atoms. The molecular weight excluding hydrogens is 288 g/mol. The number of benzene rings is 1. The number of aromatic nitrogens is 3. The number of aromatic amines is 1. The molecule has 0 aliphatic rings. The van der Waals surface area contributed by atoms with E-state index in [1.807, 2.05) is 44.4 Å². The van der Waals surface area contributed by atoms with Crippen molar-refractivity contribution in [3.8, 4) is 0 Å². The summed E-state index contributed by atoms with van der Waals surface area (Å²) in [6, 6.07) is 8.11. The summed E-state index contributed by atoms with van der Waals surface area (Å²) in [4.78, 5) is 25.9. The van der Waals surface area contributed by atoms with Crippen LogP contribution >= 0.6 is 0 Å². The van der Waals surface area contributed by atoms with Gasteiger partial charge in [-0.25, -0.2) is 0 Å². The van der Waals surface area contributed by atoms with Gasteiger partial charge >= 0.3 is 0 Å². The maximum Gasteiger partial charge on any atom is 0.227 e. The first kappa shape index (κ1) is 15.2. The predicted molar refractivity (Wildman–Crippen MR) is 90.0 cm³/mol. The van der Waals surface area contributed by atoms with Crippen molar-refractivity contribution in [1.29, 1.82) is 0 Å². The standard InChI is InChI=1S/C18H20N4O/c1-13(9-15-12-19-7-8-20-15)22(2)18(23)10-14-11-21-17-6-4-3-5-16(14)17/h3-8,11-13,21H,9-10H2,1-2H3/t13-/m1/s1. The predicted octanol–water partition coefficient (Wildman–Crippen LogP) is 2.59. The molecule has 1 N–H and O–H groups in total. The lowest BCUT2D eigenvalue weighted by Crippen LogP contribution is -2.37. The highest BCUT2D eigenvalue weighted by molar-refractivity contribution is 5.88. The number of para-hydroxylation sites is 1. The lowest BCUT2D eigenvalue weighted by atomic mass is 10.1. The van der Waals surface area contributed by atoms with Crippen LogP contribution in [0.2, 0.25) is 0 Å². The molecule has 23 heavy (non-hydrogen) atoms. The number of carbonyl (C=O) groups is 1. The third-order valence-corrected chi connectivity index (χ3v) is 4.19. The van der Waals surface area contributed by atoms with Gasteiger partial charge in [0.15, 0.2) is 0 Å². The van der Waals surface area contributed by atoms with E-state index in [0.717, 1.165) is 22.2 Å². The van der Waals surface area contributed by atoms with E-state index < -0.39 is 0 Å². The molecule has 0 aliphatic carbocycles. The summed E-state index contributed by atoms with van der Waals surface area (Å²) in [5.74, 6) is 0.103. The highest BCUT2D eigenvalue weighted by atomic mass is 16.2. The molecule has 2 aromatic heterocycles. The number of nitrogens with zero attached hydrogens (tertiary/aromatic N) is 3. The fraction of sp³-hybridized carbons (Fsp3) is 0.278. The summed E-state index contributed by atoms with van der Waals surface area (Å²) in [6.07, 6.45) is 8.09. The Hall–Kier alpha value is -2.69. The molecule has 0 saturated heterocycles. The number of rotatable bonds is 5. The smallest absolute Gasteiger partial charge is 0.227 e. The molecular formula is C18H20N4O. The van der Waals surface area contributed by atoms with Crippen LogP contribution in [0.25, 0.3) is 10.9 Å². The Morgan fingerprint density at radius 3 is 2.91 bits per heavy atom. The van der Waals surface area contributed by atoms with Gasteiger partial charge in [-0.3, -0.25) is 14.8 Å². The minimum Gasteiger partial charge on any atom is -0.361 e. The van der Waals surface area contributed by atoms with Crippen molar-refractivity contribution in [3.63, 3.8) is 0 Å². The summed E-state index contributed by atoms with van der Waals surface area (Å²) in [6.45, 7) is 2.03. The van der Waals surface area contributed by atoms with E-state index in [4.69, 9.17) is 0 Å². The number of hydrogen-bond donors (Lipinski definition) is 1. The van der Waals surface area contributed by atoms with Crippen molar-refractivity contribution in [2.24, 2.45) is 0 Å². The topological polar surface area (TPSA) is 61.9 Å².